The molecule has 2 atom stereocenters. The van der Waals surface area contributed by atoms with E-state index in [1.807, 2.05) is 19.9 Å². The molecule has 1 aromatic heterocycles. The number of carbonyl (C=O) groups excluding carboxylic acids is 1. The van der Waals surface area contributed by atoms with Gasteiger partial charge in [-0.25, -0.2) is 9.78 Å². The molecule has 0 bridgehead atoms. The molecular weight excluding hydrogens is 342 g/mol. The van der Waals surface area contributed by atoms with Gasteiger partial charge in [0.15, 0.2) is 0 Å². The first kappa shape index (κ1) is 20.1. The van der Waals surface area contributed by atoms with Crippen LogP contribution < -0.4 is 4.90 Å². The first-order valence-electron chi connectivity index (χ1n) is 10.2. The second kappa shape index (κ2) is 9.02. The standard InChI is InChI=1S/C21H33N3O3/c1-15(2)26-21(25)19-6-5-9-22-20(19)24-10-7-18(8-11-24)14-23-12-16(3)27-17(4)13-23/h5-6,9,15-18H,7-8,10-14H2,1-4H3. The highest BCUT2D eigenvalue weighted by Crippen LogP contribution is 2.26. The van der Waals surface area contributed by atoms with Crippen molar-refractivity contribution in [3.63, 3.8) is 0 Å². The molecule has 2 aliphatic rings. The number of carbonyl (C=O) groups is 1. The van der Waals surface area contributed by atoms with Crippen molar-refractivity contribution in [1.82, 2.24) is 9.88 Å². The Hall–Kier alpha value is -1.66. The average molecular weight is 376 g/mol. The summed E-state index contributed by atoms with van der Waals surface area (Å²) in [6, 6.07) is 3.61. The molecule has 0 N–H and O–H groups in total. The van der Waals surface area contributed by atoms with Crippen LogP contribution in [0.3, 0.4) is 0 Å². The second-order valence-corrected chi connectivity index (χ2v) is 8.23. The number of hydrogen-bond acceptors (Lipinski definition) is 6. The number of rotatable bonds is 5. The number of anilines is 1. The van der Waals surface area contributed by atoms with Gasteiger partial charge < -0.3 is 14.4 Å². The number of esters is 1. The van der Waals surface area contributed by atoms with Crippen LogP contribution in [-0.4, -0.2) is 66.9 Å². The fourth-order valence-electron chi connectivity index (χ4n) is 4.21. The first-order valence-corrected chi connectivity index (χ1v) is 10.2. The van der Waals surface area contributed by atoms with E-state index >= 15 is 0 Å². The molecule has 27 heavy (non-hydrogen) atoms. The van der Waals surface area contributed by atoms with E-state index in [1.54, 1.807) is 12.3 Å². The maximum Gasteiger partial charge on any atom is 0.342 e. The third-order valence-corrected chi connectivity index (χ3v) is 5.28. The third kappa shape index (κ3) is 5.42. The van der Waals surface area contributed by atoms with Crippen LogP contribution in [0.4, 0.5) is 5.82 Å². The van der Waals surface area contributed by atoms with Crippen LogP contribution >= 0.6 is 0 Å². The van der Waals surface area contributed by atoms with Crippen LogP contribution in [0.5, 0.6) is 0 Å². The molecule has 2 fully saturated rings. The summed E-state index contributed by atoms with van der Waals surface area (Å²) in [6.45, 7) is 13.1. The Balaban J connectivity index is 1.57. The van der Waals surface area contributed by atoms with Gasteiger partial charge in [0.2, 0.25) is 0 Å². The highest BCUT2D eigenvalue weighted by atomic mass is 16.5. The molecule has 3 rings (SSSR count). The van der Waals surface area contributed by atoms with E-state index in [4.69, 9.17) is 9.47 Å². The highest BCUT2D eigenvalue weighted by Gasteiger charge is 2.28. The van der Waals surface area contributed by atoms with Crippen molar-refractivity contribution in [2.24, 2.45) is 5.92 Å². The summed E-state index contributed by atoms with van der Waals surface area (Å²) in [7, 11) is 0. The molecule has 2 saturated heterocycles. The largest absolute Gasteiger partial charge is 0.459 e. The minimum atomic E-state index is -0.286. The number of hydrogen-bond donors (Lipinski definition) is 0. The number of aromatic nitrogens is 1. The predicted molar refractivity (Wildman–Crippen MR) is 106 cm³/mol. The summed E-state index contributed by atoms with van der Waals surface area (Å²) in [6.07, 6.45) is 4.50. The summed E-state index contributed by atoms with van der Waals surface area (Å²) in [5.41, 5.74) is 0.570. The van der Waals surface area contributed by atoms with Gasteiger partial charge in [0.25, 0.3) is 0 Å². The normalized spacial score (nSPS) is 25.0. The van der Waals surface area contributed by atoms with Crippen LogP contribution in [0.25, 0.3) is 0 Å². The molecule has 2 unspecified atom stereocenters. The predicted octanol–water partition coefficient (Wildman–Crippen LogP) is 2.97. The average Bonchev–Trinajstić information content (AvgIpc) is 2.61. The highest BCUT2D eigenvalue weighted by molar-refractivity contribution is 5.94. The fraction of sp³-hybridized carbons (Fsp3) is 0.714. The molecule has 3 heterocycles. The molecule has 150 valence electrons. The van der Waals surface area contributed by atoms with Gasteiger partial charge in [0, 0.05) is 38.9 Å². The van der Waals surface area contributed by atoms with Crippen molar-refractivity contribution in [2.45, 2.75) is 58.8 Å². The lowest BCUT2D eigenvalue weighted by Gasteiger charge is -2.40. The summed E-state index contributed by atoms with van der Waals surface area (Å²) in [4.78, 5) is 21.7. The molecule has 2 aliphatic heterocycles. The van der Waals surface area contributed by atoms with Gasteiger partial charge in [-0.1, -0.05) is 0 Å². The Morgan fingerprint density at radius 2 is 1.93 bits per heavy atom. The van der Waals surface area contributed by atoms with E-state index < -0.39 is 0 Å². The SMILES string of the molecule is CC(C)OC(=O)c1cccnc1N1CCC(CN2CC(C)OC(C)C2)CC1. The Morgan fingerprint density at radius 1 is 1.26 bits per heavy atom. The van der Waals surface area contributed by atoms with E-state index in [0.717, 1.165) is 51.4 Å². The van der Waals surface area contributed by atoms with Gasteiger partial charge >= 0.3 is 5.97 Å². The van der Waals surface area contributed by atoms with Crippen LogP contribution in [0.1, 0.15) is 50.9 Å². The van der Waals surface area contributed by atoms with Crippen LogP contribution in [0.2, 0.25) is 0 Å². The summed E-state index contributed by atoms with van der Waals surface area (Å²) < 4.78 is 11.2. The van der Waals surface area contributed by atoms with Crippen molar-refractivity contribution in [2.75, 3.05) is 37.6 Å². The Labute approximate surface area is 162 Å². The van der Waals surface area contributed by atoms with Crippen molar-refractivity contribution in [3.8, 4) is 0 Å². The van der Waals surface area contributed by atoms with Gasteiger partial charge in [0.1, 0.15) is 11.4 Å². The van der Waals surface area contributed by atoms with E-state index in [9.17, 15) is 4.79 Å². The minimum Gasteiger partial charge on any atom is -0.459 e. The molecule has 0 amide bonds. The topological polar surface area (TPSA) is 54.9 Å². The molecule has 0 radical (unpaired) electrons. The maximum absolute atomic E-state index is 12.4. The van der Waals surface area contributed by atoms with E-state index in [0.29, 0.717) is 23.7 Å². The van der Waals surface area contributed by atoms with Gasteiger partial charge in [0.05, 0.1) is 18.3 Å². The van der Waals surface area contributed by atoms with Gasteiger partial charge in [-0.3, -0.25) is 4.90 Å². The lowest BCUT2D eigenvalue weighted by molar-refractivity contribution is -0.0720. The summed E-state index contributed by atoms with van der Waals surface area (Å²) in [5.74, 6) is 1.16. The van der Waals surface area contributed by atoms with E-state index in [1.165, 1.54) is 0 Å². The number of nitrogens with zero attached hydrogens (tertiary/aromatic N) is 3. The molecule has 6 heteroatoms. The number of morpholine rings is 1. The smallest absolute Gasteiger partial charge is 0.342 e. The van der Waals surface area contributed by atoms with Crippen LogP contribution in [0.15, 0.2) is 18.3 Å². The number of piperidine rings is 1. The van der Waals surface area contributed by atoms with E-state index in [-0.39, 0.29) is 12.1 Å². The maximum atomic E-state index is 12.4. The minimum absolute atomic E-state index is 0.130. The van der Waals surface area contributed by atoms with Crippen molar-refractivity contribution in [1.29, 1.82) is 0 Å². The van der Waals surface area contributed by atoms with Crippen LogP contribution in [-0.2, 0) is 9.47 Å². The monoisotopic (exact) mass is 375 g/mol. The Kier molecular flexibility index (Phi) is 6.71. The quantitative estimate of drug-likeness (QED) is 0.738. The zero-order chi connectivity index (χ0) is 19.4. The summed E-state index contributed by atoms with van der Waals surface area (Å²) >= 11 is 0. The molecule has 1 aromatic rings. The Bertz CT molecular complexity index is 619. The van der Waals surface area contributed by atoms with Crippen molar-refractivity contribution in [3.05, 3.63) is 23.9 Å². The zero-order valence-corrected chi connectivity index (χ0v) is 17.1. The Morgan fingerprint density at radius 3 is 2.56 bits per heavy atom. The molecule has 0 saturated carbocycles. The number of pyridine rings is 1. The molecule has 6 nitrogen and oxygen atoms in total. The van der Waals surface area contributed by atoms with Gasteiger partial charge in [-0.15, -0.1) is 0 Å². The van der Waals surface area contributed by atoms with E-state index in [2.05, 4.69) is 28.6 Å². The molecular formula is C21H33N3O3. The molecule has 0 aromatic carbocycles. The third-order valence-electron chi connectivity index (χ3n) is 5.28. The lowest BCUT2D eigenvalue weighted by atomic mass is 9.95. The zero-order valence-electron chi connectivity index (χ0n) is 17.1. The fourth-order valence-corrected chi connectivity index (χ4v) is 4.21. The first-order chi connectivity index (χ1) is 12.9. The lowest BCUT2D eigenvalue weighted by Crippen LogP contribution is -2.48. The summed E-state index contributed by atoms with van der Waals surface area (Å²) in [5, 5.41) is 0. The second-order valence-electron chi connectivity index (χ2n) is 8.23. The number of ether oxygens (including phenoxy) is 2. The molecule has 0 spiro atoms. The van der Waals surface area contributed by atoms with Gasteiger partial charge in [-0.05, 0) is 58.6 Å². The van der Waals surface area contributed by atoms with Gasteiger partial charge in [-0.2, -0.15) is 0 Å². The van der Waals surface area contributed by atoms with Crippen LogP contribution in [0, 0.1) is 5.92 Å². The van der Waals surface area contributed by atoms with Crippen molar-refractivity contribution < 1.29 is 14.3 Å². The van der Waals surface area contributed by atoms with Crippen molar-refractivity contribution >= 4 is 11.8 Å². The molecule has 0 aliphatic carbocycles.